The number of ether oxygens (including phenoxy) is 1. The van der Waals surface area contributed by atoms with Crippen molar-refractivity contribution in [3.05, 3.63) is 0 Å². The molecule has 1 atom stereocenters. The third-order valence-electron chi connectivity index (χ3n) is 2.26. The first-order chi connectivity index (χ1) is 4.25. The summed E-state index contributed by atoms with van der Waals surface area (Å²) in [5, 5.41) is 0. The van der Waals surface area contributed by atoms with Crippen LogP contribution < -0.4 is 5.73 Å². The standard InChI is InChI=1S/C7H15NO/c1-3-6(8)7(9-2)4-5-7/h6H,3-5,8H2,1-2H3. The van der Waals surface area contributed by atoms with Crippen molar-refractivity contribution in [1.82, 2.24) is 0 Å². The van der Waals surface area contributed by atoms with Crippen molar-refractivity contribution >= 4 is 0 Å². The molecule has 2 nitrogen and oxygen atoms in total. The maximum atomic E-state index is 5.80. The number of rotatable bonds is 3. The number of methoxy groups -OCH3 is 1. The Hall–Kier alpha value is -0.0800. The van der Waals surface area contributed by atoms with E-state index < -0.39 is 0 Å². The van der Waals surface area contributed by atoms with Gasteiger partial charge >= 0.3 is 0 Å². The van der Waals surface area contributed by atoms with E-state index in [1.807, 2.05) is 0 Å². The molecule has 0 radical (unpaired) electrons. The first kappa shape index (κ1) is 7.03. The Morgan fingerprint density at radius 3 is 2.33 bits per heavy atom. The van der Waals surface area contributed by atoms with Crippen molar-refractivity contribution in [2.75, 3.05) is 7.11 Å². The van der Waals surface area contributed by atoms with Crippen molar-refractivity contribution in [3.63, 3.8) is 0 Å². The van der Waals surface area contributed by atoms with Crippen LogP contribution in [0.25, 0.3) is 0 Å². The van der Waals surface area contributed by atoms with E-state index in [-0.39, 0.29) is 11.6 Å². The second-order valence-electron chi connectivity index (χ2n) is 2.78. The van der Waals surface area contributed by atoms with E-state index in [1.165, 1.54) is 0 Å². The molecule has 1 aliphatic carbocycles. The lowest BCUT2D eigenvalue weighted by Crippen LogP contribution is -2.37. The summed E-state index contributed by atoms with van der Waals surface area (Å²) in [7, 11) is 1.75. The van der Waals surface area contributed by atoms with Gasteiger partial charge in [-0.1, -0.05) is 6.92 Å². The van der Waals surface area contributed by atoms with Crippen LogP contribution in [0.5, 0.6) is 0 Å². The van der Waals surface area contributed by atoms with Gasteiger partial charge in [-0.15, -0.1) is 0 Å². The van der Waals surface area contributed by atoms with Crippen molar-refractivity contribution in [3.8, 4) is 0 Å². The molecule has 54 valence electrons. The fraction of sp³-hybridized carbons (Fsp3) is 1.00. The molecule has 1 saturated carbocycles. The molecule has 0 aliphatic heterocycles. The molecule has 1 unspecified atom stereocenters. The van der Waals surface area contributed by atoms with Crippen molar-refractivity contribution in [2.45, 2.75) is 37.8 Å². The Kier molecular flexibility index (Phi) is 1.78. The highest BCUT2D eigenvalue weighted by atomic mass is 16.5. The lowest BCUT2D eigenvalue weighted by molar-refractivity contribution is 0.0564. The monoisotopic (exact) mass is 129 g/mol. The van der Waals surface area contributed by atoms with E-state index >= 15 is 0 Å². The van der Waals surface area contributed by atoms with Gasteiger partial charge in [0, 0.05) is 13.2 Å². The molecule has 1 aliphatic rings. The predicted octanol–water partition coefficient (Wildman–Crippen LogP) is 0.903. The van der Waals surface area contributed by atoms with Crippen LogP contribution in [0.4, 0.5) is 0 Å². The zero-order valence-electron chi connectivity index (χ0n) is 6.18. The maximum Gasteiger partial charge on any atom is 0.0830 e. The quantitative estimate of drug-likeness (QED) is 0.614. The minimum absolute atomic E-state index is 0.0781. The Labute approximate surface area is 56.4 Å². The molecule has 9 heavy (non-hydrogen) atoms. The lowest BCUT2D eigenvalue weighted by Gasteiger charge is -2.19. The molecule has 0 saturated heterocycles. The SMILES string of the molecule is CCC(N)C1(OC)CC1. The summed E-state index contributed by atoms with van der Waals surface area (Å²) in [6.07, 6.45) is 3.32. The summed E-state index contributed by atoms with van der Waals surface area (Å²) in [6.45, 7) is 2.10. The molecular formula is C7H15NO. The van der Waals surface area contributed by atoms with Gasteiger partial charge in [-0.2, -0.15) is 0 Å². The number of hydrogen-bond acceptors (Lipinski definition) is 2. The van der Waals surface area contributed by atoms with Gasteiger partial charge in [0.25, 0.3) is 0 Å². The third-order valence-corrected chi connectivity index (χ3v) is 2.26. The summed E-state index contributed by atoms with van der Waals surface area (Å²) in [5.41, 5.74) is 5.88. The van der Waals surface area contributed by atoms with Crippen molar-refractivity contribution < 1.29 is 4.74 Å². The van der Waals surface area contributed by atoms with Crippen molar-refractivity contribution in [2.24, 2.45) is 5.73 Å². The fourth-order valence-corrected chi connectivity index (χ4v) is 1.22. The highest BCUT2D eigenvalue weighted by molar-refractivity contribution is 5.02. The van der Waals surface area contributed by atoms with Gasteiger partial charge in [-0.25, -0.2) is 0 Å². The minimum atomic E-state index is 0.0781. The first-order valence-electron chi connectivity index (χ1n) is 3.56. The van der Waals surface area contributed by atoms with Gasteiger partial charge in [-0.3, -0.25) is 0 Å². The normalized spacial score (nSPS) is 25.7. The van der Waals surface area contributed by atoms with Crippen LogP contribution in [0.2, 0.25) is 0 Å². The van der Waals surface area contributed by atoms with Gasteiger partial charge in [0.15, 0.2) is 0 Å². The predicted molar refractivity (Wildman–Crippen MR) is 37.2 cm³/mol. The van der Waals surface area contributed by atoms with E-state index in [0.29, 0.717) is 0 Å². The van der Waals surface area contributed by atoms with E-state index in [9.17, 15) is 0 Å². The summed E-state index contributed by atoms with van der Waals surface area (Å²) < 4.78 is 5.28. The highest BCUT2D eigenvalue weighted by Crippen LogP contribution is 2.41. The average molecular weight is 129 g/mol. The van der Waals surface area contributed by atoms with Gasteiger partial charge in [0.05, 0.1) is 5.60 Å². The molecular weight excluding hydrogens is 114 g/mol. The van der Waals surface area contributed by atoms with Gasteiger partial charge in [0.2, 0.25) is 0 Å². The molecule has 0 bridgehead atoms. The third kappa shape index (κ3) is 1.10. The zero-order chi connectivity index (χ0) is 6.91. The van der Waals surface area contributed by atoms with E-state index in [1.54, 1.807) is 7.11 Å². The second kappa shape index (κ2) is 2.27. The Morgan fingerprint density at radius 1 is 1.67 bits per heavy atom. The molecule has 2 heteroatoms. The number of hydrogen-bond donors (Lipinski definition) is 1. The second-order valence-corrected chi connectivity index (χ2v) is 2.78. The first-order valence-corrected chi connectivity index (χ1v) is 3.56. The maximum absolute atomic E-state index is 5.80. The van der Waals surface area contributed by atoms with Crippen LogP contribution >= 0.6 is 0 Å². The molecule has 0 aromatic rings. The zero-order valence-corrected chi connectivity index (χ0v) is 6.18. The van der Waals surface area contributed by atoms with Crippen molar-refractivity contribution in [1.29, 1.82) is 0 Å². The smallest absolute Gasteiger partial charge is 0.0830 e. The summed E-state index contributed by atoms with van der Waals surface area (Å²) in [6, 6.07) is 0.252. The molecule has 1 fully saturated rings. The van der Waals surface area contributed by atoms with Crippen LogP contribution in [-0.4, -0.2) is 18.8 Å². The fourth-order valence-electron chi connectivity index (χ4n) is 1.22. The van der Waals surface area contributed by atoms with E-state index in [0.717, 1.165) is 19.3 Å². The van der Waals surface area contributed by atoms with Crippen LogP contribution in [-0.2, 0) is 4.74 Å². The Morgan fingerprint density at radius 2 is 2.22 bits per heavy atom. The van der Waals surface area contributed by atoms with Crippen LogP contribution in [0, 0.1) is 0 Å². The average Bonchev–Trinajstić information content (AvgIpc) is 2.66. The van der Waals surface area contributed by atoms with Crippen LogP contribution in [0.15, 0.2) is 0 Å². The van der Waals surface area contributed by atoms with Crippen LogP contribution in [0.3, 0.4) is 0 Å². The van der Waals surface area contributed by atoms with E-state index in [4.69, 9.17) is 10.5 Å². The van der Waals surface area contributed by atoms with Gasteiger partial charge in [0.1, 0.15) is 0 Å². The minimum Gasteiger partial charge on any atom is -0.377 e. The molecule has 0 heterocycles. The Balaban J connectivity index is 2.39. The molecule has 0 spiro atoms. The number of nitrogens with two attached hydrogens (primary N) is 1. The summed E-state index contributed by atoms with van der Waals surface area (Å²) in [4.78, 5) is 0. The van der Waals surface area contributed by atoms with E-state index in [2.05, 4.69) is 6.92 Å². The Bertz CT molecular complexity index is 99.1. The molecule has 0 aromatic heterocycles. The topological polar surface area (TPSA) is 35.2 Å². The largest absolute Gasteiger partial charge is 0.377 e. The lowest BCUT2D eigenvalue weighted by atomic mass is 10.1. The summed E-state index contributed by atoms with van der Waals surface area (Å²) in [5.74, 6) is 0. The van der Waals surface area contributed by atoms with Gasteiger partial charge in [-0.05, 0) is 19.3 Å². The highest BCUT2D eigenvalue weighted by Gasteiger charge is 2.47. The molecule has 0 amide bonds. The van der Waals surface area contributed by atoms with Crippen LogP contribution in [0.1, 0.15) is 26.2 Å². The molecule has 2 N–H and O–H groups in total. The summed E-state index contributed by atoms with van der Waals surface area (Å²) >= 11 is 0. The molecule has 0 aromatic carbocycles. The molecule has 1 rings (SSSR count). The van der Waals surface area contributed by atoms with Gasteiger partial charge < -0.3 is 10.5 Å².